The molecule has 1 aliphatic heterocycles. The summed E-state index contributed by atoms with van der Waals surface area (Å²) in [6.07, 6.45) is 2.53. The summed E-state index contributed by atoms with van der Waals surface area (Å²) in [5.41, 5.74) is 1.44. The van der Waals surface area contributed by atoms with E-state index in [9.17, 15) is 4.79 Å². The average Bonchev–Trinajstić information content (AvgIpc) is 3.14. The van der Waals surface area contributed by atoms with Gasteiger partial charge in [0.2, 0.25) is 0 Å². The number of methoxy groups -OCH3 is 1. The summed E-state index contributed by atoms with van der Waals surface area (Å²) < 4.78 is 10.8. The Hall–Kier alpha value is -1.98. The van der Waals surface area contributed by atoms with Gasteiger partial charge in [0, 0.05) is 22.9 Å². The highest BCUT2D eigenvalue weighted by atomic mass is 32.2. The summed E-state index contributed by atoms with van der Waals surface area (Å²) in [5, 5.41) is 2.94. The van der Waals surface area contributed by atoms with Gasteiger partial charge in [0.15, 0.2) is 0 Å². The van der Waals surface area contributed by atoms with Crippen molar-refractivity contribution < 1.29 is 14.3 Å². The Morgan fingerprint density at radius 1 is 1.25 bits per heavy atom. The minimum atomic E-state index is -0.101. The maximum Gasteiger partial charge on any atom is 0.256 e. The van der Waals surface area contributed by atoms with Gasteiger partial charge in [-0.3, -0.25) is 4.79 Å². The maximum absolute atomic E-state index is 12.6. The SMILES string of the molecule is COc1ccc(NC(=O)c2ccccc2SC[C@@H]2CCCO2)cc1. The highest BCUT2D eigenvalue weighted by Crippen LogP contribution is 2.27. The predicted octanol–water partition coefficient (Wildman–Crippen LogP) is 4.22. The first-order valence-electron chi connectivity index (χ1n) is 8.05. The van der Waals surface area contributed by atoms with Crippen LogP contribution in [0.1, 0.15) is 23.2 Å². The standard InChI is InChI=1S/C19H21NO3S/c1-22-15-10-8-14(9-11-15)20-19(21)17-6-2-3-7-18(17)24-13-16-5-4-12-23-16/h2-3,6-11,16H,4-5,12-13H2,1H3,(H,20,21)/t16-/m0/s1. The molecule has 0 unspecified atom stereocenters. The molecule has 3 rings (SSSR count). The Kier molecular flexibility index (Phi) is 5.77. The monoisotopic (exact) mass is 343 g/mol. The van der Waals surface area contributed by atoms with E-state index in [4.69, 9.17) is 9.47 Å². The Balaban J connectivity index is 1.66. The first-order chi connectivity index (χ1) is 11.8. The number of anilines is 1. The Bertz CT molecular complexity index is 681. The van der Waals surface area contributed by atoms with Crippen LogP contribution in [0, 0.1) is 0 Å². The third kappa shape index (κ3) is 4.30. The van der Waals surface area contributed by atoms with Gasteiger partial charge in [-0.25, -0.2) is 0 Å². The van der Waals surface area contributed by atoms with Crippen LogP contribution in [0.5, 0.6) is 5.75 Å². The number of carbonyl (C=O) groups excluding carboxylic acids is 1. The van der Waals surface area contributed by atoms with Crippen molar-refractivity contribution in [2.75, 3.05) is 24.8 Å². The van der Waals surface area contributed by atoms with Crippen LogP contribution >= 0.6 is 11.8 Å². The maximum atomic E-state index is 12.6. The van der Waals surface area contributed by atoms with E-state index in [-0.39, 0.29) is 5.91 Å². The summed E-state index contributed by atoms with van der Waals surface area (Å²) in [6, 6.07) is 15.0. The number of nitrogens with one attached hydrogen (secondary N) is 1. The fraction of sp³-hybridized carbons (Fsp3) is 0.316. The summed E-state index contributed by atoms with van der Waals surface area (Å²) >= 11 is 1.68. The molecule has 0 spiro atoms. The molecule has 0 bridgehead atoms. The first-order valence-corrected chi connectivity index (χ1v) is 9.03. The molecular weight excluding hydrogens is 322 g/mol. The van der Waals surface area contributed by atoms with Gasteiger partial charge in [-0.15, -0.1) is 11.8 Å². The average molecular weight is 343 g/mol. The molecule has 0 aromatic heterocycles. The molecular formula is C19H21NO3S. The molecule has 0 aliphatic carbocycles. The van der Waals surface area contributed by atoms with Crippen molar-refractivity contribution >= 4 is 23.4 Å². The second-order valence-corrected chi connectivity index (χ2v) is 6.69. The van der Waals surface area contributed by atoms with Crippen molar-refractivity contribution in [3.8, 4) is 5.75 Å². The second kappa shape index (κ2) is 8.22. The molecule has 0 saturated carbocycles. The lowest BCUT2D eigenvalue weighted by Crippen LogP contribution is -2.14. The van der Waals surface area contributed by atoms with Crippen LogP contribution in [0.2, 0.25) is 0 Å². The highest BCUT2D eigenvalue weighted by molar-refractivity contribution is 7.99. The molecule has 0 radical (unpaired) electrons. The first kappa shape index (κ1) is 16.9. The minimum Gasteiger partial charge on any atom is -0.497 e. The third-order valence-electron chi connectivity index (χ3n) is 3.93. The Morgan fingerprint density at radius 2 is 2.04 bits per heavy atom. The lowest BCUT2D eigenvalue weighted by atomic mass is 10.2. The van der Waals surface area contributed by atoms with Gasteiger partial charge < -0.3 is 14.8 Å². The largest absolute Gasteiger partial charge is 0.497 e. The predicted molar refractivity (Wildman–Crippen MR) is 97.1 cm³/mol. The van der Waals surface area contributed by atoms with Crippen molar-refractivity contribution in [3.05, 3.63) is 54.1 Å². The molecule has 1 heterocycles. The van der Waals surface area contributed by atoms with Crippen LogP contribution in [-0.4, -0.2) is 31.5 Å². The van der Waals surface area contributed by atoms with Crippen LogP contribution in [0.4, 0.5) is 5.69 Å². The van der Waals surface area contributed by atoms with E-state index in [2.05, 4.69) is 5.32 Å². The normalized spacial score (nSPS) is 16.8. The molecule has 2 aromatic rings. The smallest absolute Gasteiger partial charge is 0.256 e. The number of hydrogen-bond donors (Lipinski definition) is 1. The van der Waals surface area contributed by atoms with Gasteiger partial charge in [0.25, 0.3) is 5.91 Å². The number of ether oxygens (including phenoxy) is 2. The van der Waals surface area contributed by atoms with Gasteiger partial charge in [-0.05, 0) is 49.2 Å². The van der Waals surface area contributed by atoms with Gasteiger partial charge in [0.1, 0.15) is 5.75 Å². The van der Waals surface area contributed by atoms with E-state index >= 15 is 0 Å². The van der Waals surface area contributed by atoms with Gasteiger partial charge in [-0.1, -0.05) is 12.1 Å². The molecule has 1 aliphatic rings. The quantitative estimate of drug-likeness (QED) is 0.798. The van der Waals surface area contributed by atoms with Gasteiger partial charge >= 0.3 is 0 Å². The third-order valence-corrected chi connectivity index (χ3v) is 5.13. The number of hydrogen-bond acceptors (Lipinski definition) is 4. The van der Waals surface area contributed by atoms with Crippen LogP contribution in [0.3, 0.4) is 0 Å². The van der Waals surface area contributed by atoms with Crippen LogP contribution in [0.15, 0.2) is 53.4 Å². The van der Waals surface area contributed by atoms with Crippen molar-refractivity contribution in [2.24, 2.45) is 0 Å². The molecule has 1 atom stereocenters. The fourth-order valence-corrected chi connectivity index (χ4v) is 3.73. The summed E-state index contributed by atoms with van der Waals surface area (Å²) in [7, 11) is 1.62. The van der Waals surface area contributed by atoms with Gasteiger partial charge in [0.05, 0.1) is 18.8 Å². The number of amides is 1. The minimum absolute atomic E-state index is 0.101. The van der Waals surface area contributed by atoms with E-state index in [1.54, 1.807) is 18.9 Å². The number of carbonyl (C=O) groups is 1. The van der Waals surface area contributed by atoms with E-state index < -0.39 is 0 Å². The zero-order valence-electron chi connectivity index (χ0n) is 13.7. The summed E-state index contributed by atoms with van der Waals surface area (Å²) in [6.45, 7) is 0.852. The Morgan fingerprint density at radius 3 is 2.75 bits per heavy atom. The second-order valence-electron chi connectivity index (χ2n) is 5.62. The zero-order chi connectivity index (χ0) is 16.8. The highest BCUT2D eigenvalue weighted by Gasteiger charge is 2.18. The van der Waals surface area contributed by atoms with Crippen molar-refractivity contribution in [2.45, 2.75) is 23.8 Å². The molecule has 4 nitrogen and oxygen atoms in total. The van der Waals surface area contributed by atoms with E-state index in [1.165, 1.54) is 0 Å². The molecule has 126 valence electrons. The lowest BCUT2D eigenvalue weighted by molar-refractivity contribution is 0.102. The molecule has 24 heavy (non-hydrogen) atoms. The van der Waals surface area contributed by atoms with Crippen molar-refractivity contribution in [1.29, 1.82) is 0 Å². The van der Waals surface area contributed by atoms with Gasteiger partial charge in [-0.2, -0.15) is 0 Å². The summed E-state index contributed by atoms with van der Waals surface area (Å²) in [5.74, 6) is 1.54. The van der Waals surface area contributed by atoms with Crippen molar-refractivity contribution in [1.82, 2.24) is 0 Å². The van der Waals surface area contributed by atoms with Crippen LogP contribution in [-0.2, 0) is 4.74 Å². The zero-order valence-corrected chi connectivity index (χ0v) is 14.5. The topological polar surface area (TPSA) is 47.6 Å². The van der Waals surface area contributed by atoms with E-state index in [0.29, 0.717) is 11.7 Å². The molecule has 5 heteroatoms. The van der Waals surface area contributed by atoms with E-state index in [1.807, 2.05) is 48.5 Å². The molecule has 2 aromatic carbocycles. The Labute approximate surface area is 146 Å². The molecule has 1 fully saturated rings. The number of rotatable bonds is 6. The lowest BCUT2D eigenvalue weighted by Gasteiger charge is -2.12. The van der Waals surface area contributed by atoms with Crippen molar-refractivity contribution in [3.63, 3.8) is 0 Å². The number of benzene rings is 2. The summed E-state index contributed by atoms with van der Waals surface area (Å²) in [4.78, 5) is 13.6. The van der Waals surface area contributed by atoms with Crippen LogP contribution < -0.4 is 10.1 Å². The molecule has 1 saturated heterocycles. The van der Waals surface area contributed by atoms with Crippen LogP contribution in [0.25, 0.3) is 0 Å². The molecule has 1 amide bonds. The fourth-order valence-electron chi connectivity index (χ4n) is 2.61. The number of thioether (sulfide) groups is 1. The van der Waals surface area contributed by atoms with E-state index in [0.717, 1.165) is 41.5 Å². The molecule has 1 N–H and O–H groups in total.